The van der Waals surface area contributed by atoms with Crippen molar-refractivity contribution in [1.29, 1.82) is 5.26 Å². The zero-order valence-electron chi connectivity index (χ0n) is 12.6. The van der Waals surface area contributed by atoms with E-state index in [1.54, 1.807) is 0 Å². The van der Waals surface area contributed by atoms with Gasteiger partial charge in [-0.1, -0.05) is 30.3 Å². The fourth-order valence-electron chi connectivity index (χ4n) is 2.70. The smallest absolute Gasteiger partial charge is 0.342 e. The molecule has 116 valence electrons. The van der Waals surface area contributed by atoms with E-state index in [0.29, 0.717) is 16.9 Å². The Morgan fingerprint density at radius 1 is 1.39 bits per heavy atom. The average molecular weight is 326 g/mol. The summed E-state index contributed by atoms with van der Waals surface area (Å²) in [6.07, 6.45) is 0. The number of nitriles is 1. The SMILES string of the molecule is COC(=O)c1c(C)sc2c1OC(N)=C(C#N)[C@@H]2c1ccccc1. The molecule has 1 aromatic carbocycles. The summed E-state index contributed by atoms with van der Waals surface area (Å²) in [6, 6.07) is 11.7. The van der Waals surface area contributed by atoms with Crippen molar-refractivity contribution in [2.75, 3.05) is 7.11 Å². The number of fused-ring (bicyclic) bond motifs is 1. The zero-order valence-corrected chi connectivity index (χ0v) is 13.4. The van der Waals surface area contributed by atoms with E-state index >= 15 is 0 Å². The van der Waals surface area contributed by atoms with E-state index in [0.717, 1.165) is 15.3 Å². The predicted molar refractivity (Wildman–Crippen MR) is 86.1 cm³/mol. The lowest BCUT2D eigenvalue weighted by Crippen LogP contribution is -2.21. The molecule has 0 radical (unpaired) electrons. The van der Waals surface area contributed by atoms with Crippen molar-refractivity contribution in [3.05, 3.63) is 62.7 Å². The van der Waals surface area contributed by atoms with Crippen molar-refractivity contribution in [1.82, 2.24) is 0 Å². The normalized spacial score (nSPS) is 16.3. The van der Waals surface area contributed by atoms with E-state index in [-0.39, 0.29) is 11.8 Å². The van der Waals surface area contributed by atoms with Crippen molar-refractivity contribution in [2.45, 2.75) is 12.8 Å². The molecule has 2 heterocycles. The summed E-state index contributed by atoms with van der Waals surface area (Å²) < 4.78 is 10.4. The second-order valence-electron chi connectivity index (χ2n) is 5.05. The fraction of sp³-hybridized carbons (Fsp3) is 0.176. The molecule has 1 aliphatic rings. The molecular weight excluding hydrogens is 312 g/mol. The molecule has 0 saturated carbocycles. The predicted octanol–water partition coefficient (Wildman–Crippen LogP) is 3.06. The summed E-state index contributed by atoms with van der Waals surface area (Å²) >= 11 is 1.42. The van der Waals surface area contributed by atoms with Gasteiger partial charge in [0.1, 0.15) is 17.2 Å². The van der Waals surface area contributed by atoms with Crippen LogP contribution in [0.2, 0.25) is 0 Å². The number of hydrogen-bond donors (Lipinski definition) is 1. The maximum absolute atomic E-state index is 12.1. The first-order valence-corrected chi connectivity index (χ1v) is 7.74. The molecule has 1 atom stereocenters. The average Bonchev–Trinajstić information content (AvgIpc) is 2.89. The first-order chi connectivity index (χ1) is 11.1. The van der Waals surface area contributed by atoms with E-state index in [1.807, 2.05) is 37.3 Å². The minimum absolute atomic E-state index is 0.0248. The van der Waals surface area contributed by atoms with Gasteiger partial charge in [-0.3, -0.25) is 0 Å². The standard InChI is InChI=1S/C17H14N2O3S/c1-9-12(17(20)21-2)14-15(23-9)13(10-6-4-3-5-7-10)11(8-18)16(19)22-14/h3-7,13H,19H2,1-2H3/t13-/m0/s1. The maximum atomic E-state index is 12.1. The van der Waals surface area contributed by atoms with Crippen molar-refractivity contribution in [3.8, 4) is 11.8 Å². The molecule has 2 aromatic rings. The lowest BCUT2D eigenvalue weighted by Gasteiger charge is -2.24. The molecule has 5 nitrogen and oxygen atoms in total. The van der Waals surface area contributed by atoms with E-state index in [4.69, 9.17) is 15.2 Å². The quantitative estimate of drug-likeness (QED) is 0.857. The summed E-state index contributed by atoms with van der Waals surface area (Å²) in [5, 5.41) is 9.50. The summed E-state index contributed by atoms with van der Waals surface area (Å²) in [5.41, 5.74) is 7.58. The third-order valence-corrected chi connectivity index (χ3v) is 4.89. The van der Waals surface area contributed by atoms with Crippen LogP contribution in [0.1, 0.15) is 31.6 Å². The van der Waals surface area contributed by atoms with Gasteiger partial charge in [0.25, 0.3) is 0 Å². The fourth-order valence-corrected chi connectivity index (χ4v) is 3.91. The minimum atomic E-state index is -0.472. The van der Waals surface area contributed by atoms with Gasteiger partial charge in [-0.25, -0.2) is 4.79 Å². The number of nitrogens with two attached hydrogens (primary N) is 1. The number of esters is 1. The molecule has 6 heteroatoms. The third-order valence-electron chi connectivity index (χ3n) is 3.74. The number of allylic oxidation sites excluding steroid dienone is 1. The van der Waals surface area contributed by atoms with Gasteiger partial charge in [0.2, 0.25) is 5.88 Å². The van der Waals surface area contributed by atoms with Gasteiger partial charge in [-0.2, -0.15) is 5.26 Å². The van der Waals surface area contributed by atoms with E-state index < -0.39 is 5.97 Å². The molecule has 0 bridgehead atoms. The Morgan fingerprint density at radius 2 is 2.09 bits per heavy atom. The first kappa shape index (κ1) is 15.1. The number of aryl methyl sites for hydroxylation is 1. The van der Waals surface area contributed by atoms with E-state index in [9.17, 15) is 10.1 Å². The van der Waals surface area contributed by atoms with E-state index in [2.05, 4.69) is 6.07 Å². The summed E-state index contributed by atoms with van der Waals surface area (Å²) in [6.45, 7) is 1.82. The lowest BCUT2D eigenvalue weighted by molar-refractivity contribution is 0.0597. The van der Waals surface area contributed by atoms with Crippen LogP contribution in [0, 0.1) is 18.3 Å². The van der Waals surface area contributed by atoms with Crippen LogP contribution in [0.25, 0.3) is 0 Å². The number of thiophene rings is 1. The van der Waals surface area contributed by atoms with Crippen molar-refractivity contribution >= 4 is 17.3 Å². The Balaban J connectivity index is 2.25. The highest BCUT2D eigenvalue weighted by molar-refractivity contribution is 7.12. The van der Waals surface area contributed by atoms with Gasteiger partial charge in [-0.15, -0.1) is 11.3 Å². The number of carbonyl (C=O) groups excluding carboxylic acids is 1. The van der Waals surface area contributed by atoms with Crippen molar-refractivity contribution in [2.24, 2.45) is 5.73 Å². The van der Waals surface area contributed by atoms with Crippen LogP contribution in [0.4, 0.5) is 0 Å². The zero-order chi connectivity index (χ0) is 16.6. The summed E-state index contributed by atoms with van der Waals surface area (Å²) in [4.78, 5) is 13.6. The molecule has 1 aromatic heterocycles. The number of hydrogen-bond acceptors (Lipinski definition) is 6. The highest BCUT2D eigenvalue weighted by Crippen LogP contribution is 2.49. The van der Waals surface area contributed by atoms with Crippen LogP contribution in [0.15, 0.2) is 41.8 Å². The van der Waals surface area contributed by atoms with Gasteiger partial charge in [0.15, 0.2) is 5.75 Å². The molecule has 0 saturated heterocycles. The van der Waals surface area contributed by atoms with Gasteiger partial charge in [0, 0.05) is 4.88 Å². The Labute approximate surface area is 137 Å². The van der Waals surface area contributed by atoms with Crippen molar-refractivity contribution < 1.29 is 14.3 Å². The summed E-state index contributed by atoms with van der Waals surface area (Å²) in [5.74, 6) is -0.395. The molecule has 2 N–H and O–H groups in total. The molecule has 1 aliphatic heterocycles. The molecule has 3 rings (SSSR count). The summed E-state index contributed by atoms with van der Waals surface area (Å²) in [7, 11) is 1.32. The van der Waals surface area contributed by atoms with Crippen LogP contribution in [0.3, 0.4) is 0 Å². The topological polar surface area (TPSA) is 85.3 Å². The largest absolute Gasteiger partial charge is 0.465 e. The van der Waals surface area contributed by atoms with Crippen LogP contribution >= 0.6 is 11.3 Å². The highest BCUT2D eigenvalue weighted by atomic mass is 32.1. The Kier molecular flexibility index (Phi) is 3.80. The number of ether oxygens (including phenoxy) is 2. The maximum Gasteiger partial charge on any atom is 0.342 e. The number of nitrogens with zero attached hydrogens (tertiary/aromatic N) is 1. The molecule has 0 amide bonds. The molecule has 23 heavy (non-hydrogen) atoms. The molecule has 0 spiro atoms. The van der Waals surface area contributed by atoms with Crippen LogP contribution < -0.4 is 10.5 Å². The van der Waals surface area contributed by atoms with Gasteiger partial charge >= 0.3 is 5.97 Å². The minimum Gasteiger partial charge on any atom is -0.465 e. The second kappa shape index (κ2) is 5.78. The first-order valence-electron chi connectivity index (χ1n) is 6.92. The molecular formula is C17H14N2O3S. The van der Waals surface area contributed by atoms with Gasteiger partial charge < -0.3 is 15.2 Å². The lowest BCUT2D eigenvalue weighted by atomic mass is 9.88. The van der Waals surface area contributed by atoms with Crippen LogP contribution in [0.5, 0.6) is 5.75 Å². The molecule has 0 fully saturated rings. The Hall–Kier alpha value is -2.78. The number of methoxy groups -OCH3 is 1. The number of rotatable bonds is 2. The van der Waals surface area contributed by atoms with Gasteiger partial charge in [-0.05, 0) is 12.5 Å². The van der Waals surface area contributed by atoms with E-state index in [1.165, 1.54) is 18.4 Å². The van der Waals surface area contributed by atoms with Gasteiger partial charge in [0.05, 0.1) is 17.9 Å². The monoisotopic (exact) mass is 326 g/mol. The van der Waals surface area contributed by atoms with Crippen LogP contribution in [-0.2, 0) is 4.74 Å². The Bertz CT molecular complexity index is 847. The van der Waals surface area contributed by atoms with Crippen LogP contribution in [-0.4, -0.2) is 13.1 Å². The molecule has 0 aliphatic carbocycles. The van der Waals surface area contributed by atoms with Crippen molar-refractivity contribution in [3.63, 3.8) is 0 Å². The second-order valence-corrected chi connectivity index (χ2v) is 6.31. The number of benzene rings is 1. The third kappa shape index (κ3) is 2.35. The Morgan fingerprint density at radius 3 is 2.70 bits per heavy atom. The highest BCUT2D eigenvalue weighted by Gasteiger charge is 2.36. The number of carbonyl (C=O) groups is 1. The molecule has 0 unspecified atom stereocenters.